The molecule has 2 atom stereocenters. The molecular formula is C24H29F2N3O. The highest BCUT2D eigenvalue weighted by molar-refractivity contribution is 5.73. The Kier molecular flexibility index (Phi) is 6.18. The number of likely N-dealkylation sites (N-methyl/N-ethyl adjacent to an activating group) is 1. The van der Waals surface area contributed by atoms with Gasteiger partial charge in [0.05, 0.1) is 0 Å². The lowest BCUT2D eigenvalue weighted by Crippen LogP contribution is -2.45. The zero-order valence-corrected chi connectivity index (χ0v) is 17.3. The highest BCUT2D eigenvalue weighted by atomic mass is 19.3. The van der Waals surface area contributed by atoms with Gasteiger partial charge in [-0.25, -0.2) is 8.78 Å². The van der Waals surface area contributed by atoms with E-state index < -0.39 is 12.2 Å². The van der Waals surface area contributed by atoms with Gasteiger partial charge in [-0.2, -0.15) is 0 Å². The lowest BCUT2D eigenvalue weighted by Gasteiger charge is -2.38. The zero-order chi connectivity index (χ0) is 21.1. The van der Waals surface area contributed by atoms with Gasteiger partial charge in [-0.3, -0.25) is 4.90 Å². The molecule has 30 heavy (non-hydrogen) atoms. The number of fused-ring (bicyclic) bond motifs is 1. The molecule has 4 rings (SSSR count). The number of likely N-dealkylation sites (tertiary alicyclic amines) is 1. The molecule has 160 valence electrons. The van der Waals surface area contributed by atoms with Gasteiger partial charge in [0.15, 0.2) is 6.23 Å². The predicted octanol–water partition coefficient (Wildman–Crippen LogP) is 3.90. The van der Waals surface area contributed by atoms with E-state index in [4.69, 9.17) is 0 Å². The van der Waals surface area contributed by atoms with Crippen LogP contribution in [0.15, 0.2) is 60.2 Å². The summed E-state index contributed by atoms with van der Waals surface area (Å²) in [5, 5.41) is 14.2. The number of para-hydroxylation sites is 1. The van der Waals surface area contributed by atoms with Crippen molar-refractivity contribution in [3.05, 3.63) is 71.3 Å². The number of rotatable bonds is 6. The Labute approximate surface area is 176 Å². The molecule has 2 unspecified atom stereocenters. The number of nitrogens with one attached hydrogen (secondary N) is 1. The third-order valence-corrected chi connectivity index (χ3v) is 6.18. The summed E-state index contributed by atoms with van der Waals surface area (Å²) in [6, 6.07) is 18.1. The molecule has 6 heteroatoms. The second-order valence-electron chi connectivity index (χ2n) is 8.21. The number of anilines is 1. The van der Waals surface area contributed by atoms with Crippen molar-refractivity contribution >= 4 is 11.8 Å². The highest BCUT2D eigenvalue weighted by Crippen LogP contribution is 2.33. The number of hydrogen-bond acceptors (Lipinski definition) is 4. The number of aliphatic hydroxyl groups is 1. The molecule has 0 aliphatic carbocycles. The topological polar surface area (TPSA) is 38.7 Å². The molecule has 0 amide bonds. The summed E-state index contributed by atoms with van der Waals surface area (Å²) < 4.78 is 27.3. The summed E-state index contributed by atoms with van der Waals surface area (Å²) in [5.41, 5.74) is 4.11. The Bertz CT molecular complexity index is 877. The lowest BCUT2D eigenvalue weighted by atomic mass is 9.99. The van der Waals surface area contributed by atoms with Crippen molar-refractivity contribution in [1.29, 1.82) is 0 Å². The largest absolute Gasteiger partial charge is 0.370 e. The van der Waals surface area contributed by atoms with E-state index in [2.05, 4.69) is 22.3 Å². The van der Waals surface area contributed by atoms with Crippen LogP contribution in [0.2, 0.25) is 0 Å². The summed E-state index contributed by atoms with van der Waals surface area (Å²) in [6.07, 6.45) is 1.16. The molecule has 1 saturated heterocycles. The van der Waals surface area contributed by atoms with Crippen LogP contribution in [0.5, 0.6) is 0 Å². The Morgan fingerprint density at radius 3 is 2.47 bits per heavy atom. The van der Waals surface area contributed by atoms with Gasteiger partial charge in [-0.1, -0.05) is 48.5 Å². The van der Waals surface area contributed by atoms with Crippen LogP contribution in [0.3, 0.4) is 0 Å². The van der Waals surface area contributed by atoms with Gasteiger partial charge in [-0.05, 0) is 28.8 Å². The number of hydrogen-bond donors (Lipinski definition) is 2. The standard InChI is InChI=1S/C24H29F2N3O/c1-28-21-10-6-5-9-19(21)15-20(23(28)30)16-27-17-22(18-7-3-2-4-8-18)29-13-11-24(25,26)12-14-29/h2-10,15,22-23,27,30H,11-14,16-17H2,1H3. The van der Waals surface area contributed by atoms with E-state index in [0.29, 0.717) is 26.2 Å². The van der Waals surface area contributed by atoms with E-state index in [1.165, 1.54) is 0 Å². The molecule has 2 aliphatic heterocycles. The van der Waals surface area contributed by atoms with Crippen LogP contribution < -0.4 is 10.2 Å². The quantitative estimate of drug-likeness (QED) is 0.754. The second kappa shape index (κ2) is 8.84. The molecule has 0 bridgehead atoms. The van der Waals surface area contributed by atoms with Gasteiger partial charge in [0.25, 0.3) is 5.92 Å². The zero-order valence-electron chi connectivity index (χ0n) is 17.3. The molecule has 2 aromatic rings. The summed E-state index contributed by atoms with van der Waals surface area (Å²) >= 11 is 0. The number of benzene rings is 2. The molecule has 0 saturated carbocycles. The summed E-state index contributed by atoms with van der Waals surface area (Å²) in [7, 11) is 1.89. The Morgan fingerprint density at radius 2 is 1.73 bits per heavy atom. The Balaban J connectivity index is 1.45. The third-order valence-electron chi connectivity index (χ3n) is 6.18. The first kappa shape index (κ1) is 21.0. The van der Waals surface area contributed by atoms with Crippen molar-refractivity contribution in [2.24, 2.45) is 0 Å². The van der Waals surface area contributed by atoms with Crippen LogP contribution in [0.25, 0.3) is 6.08 Å². The van der Waals surface area contributed by atoms with Crippen LogP contribution >= 0.6 is 0 Å². The SMILES string of the molecule is CN1c2ccccc2C=C(CNCC(c2ccccc2)N2CCC(F)(F)CC2)C1O. The monoisotopic (exact) mass is 413 g/mol. The van der Waals surface area contributed by atoms with E-state index in [1.807, 2.05) is 60.5 Å². The van der Waals surface area contributed by atoms with Crippen molar-refractivity contribution in [1.82, 2.24) is 10.2 Å². The maximum atomic E-state index is 13.7. The molecule has 0 radical (unpaired) electrons. The average molecular weight is 414 g/mol. The fourth-order valence-electron chi connectivity index (χ4n) is 4.38. The molecule has 0 aromatic heterocycles. The molecule has 2 N–H and O–H groups in total. The van der Waals surface area contributed by atoms with E-state index in [9.17, 15) is 13.9 Å². The van der Waals surface area contributed by atoms with Gasteiger partial charge in [-0.15, -0.1) is 0 Å². The van der Waals surface area contributed by atoms with Gasteiger partial charge >= 0.3 is 0 Å². The minimum Gasteiger partial charge on any atom is -0.370 e. The fraction of sp³-hybridized carbons (Fsp3) is 0.417. The van der Waals surface area contributed by atoms with Crippen molar-refractivity contribution in [2.75, 3.05) is 38.1 Å². The maximum Gasteiger partial charge on any atom is 0.250 e. The number of halogens is 2. The number of nitrogens with zero attached hydrogens (tertiary/aromatic N) is 2. The molecule has 2 aromatic carbocycles. The summed E-state index contributed by atoms with van der Waals surface area (Å²) in [6.45, 7) is 1.93. The van der Waals surface area contributed by atoms with Crippen LogP contribution in [-0.2, 0) is 0 Å². The lowest BCUT2D eigenvalue weighted by molar-refractivity contribution is -0.0632. The molecule has 4 nitrogen and oxygen atoms in total. The molecule has 1 fully saturated rings. The summed E-state index contributed by atoms with van der Waals surface area (Å²) in [5.74, 6) is -2.56. The van der Waals surface area contributed by atoms with Crippen LogP contribution in [-0.4, -0.2) is 55.4 Å². The average Bonchev–Trinajstić information content (AvgIpc) is 2.76. The van der Waals surface area contributed by atoms with Gasteiger partial charge in [0, 0.05) is 57.8 Å². The first-order valence-electron chi connectivity index (χ1n) is 10.5. The van der Waals surface area contributed by atoms with Crippen molar-refractivity contribution < 1.29 is 13.9 Å². The van der Waals surface area contributed by atoms with Crippen molar-refractivity contribution in [3.8, 4) is 0 Å². The fourth-order valence-corrected chi connectivity index (χ4v) is 4.38. The highest BCUT2D eigenvalue weighted by Gasteiger charge is 2.36. The Morgan fingerprint density at radius 1 is 1.07 bits per heavy atom. The molecular weight excluding hydrogens is 384 g/mol. The molecule has 2 aliphatic rings. The molecule has 0 spiro atoms. The van der Waals surface area contributed by atoms with Crippen molar-refractivity contribution in [2.45, 2.75) is 31.0 Å². The van der Waals surface area contributed by atoms with Crippen LogP contribution in [0.4, 0.5) is 14.5 Å². The van der Waals surface area contributed by atoms with E-state index in [0.717, 1.165) is 22.4 Å². The van der Waals surface area contributed by atoms with Gasteiger partial charge < -0.3 is 15.3 Å². The number of alkyl halides is 2. The predicted molar refractivity (Wildman–Crippen MR) is 117 cm³/mol. The van der Waals surface area contributed by atoms with Gasteiger partial charge in [0.2, 0.25) is 0 Å². The van der Waals surface area contributed by atoms with Crippen molar-refractivity contribution in [3.63, 3.8) is 0 Å². The Hall–Kier alpha value is -2.28. The summed E-state index contributed by atoms with van der Waals surface area (Å²) in [4.78, 5) is 4.01. The minimum atomic E-state index is -2.56. The first-order valence-corrected chi connectivity index (χ1v) is 10.5. The van der Waals surface area contributed by atoms with E-state index in [-0.39, 0.29) is 18.9 Å². The van der Waals surface area contributed by atoms with Gasteiger partial charge in [0.1, 0.15) is 0 Å². The molecule has 2 heterocycles. The third kappa shape index (κ3) is 4.56. The maximum absolute atomic E-state index is 13.7. The number of piperidine rings is 1. The normalized spacial score (nSPS) is 22.3. The van der Waals surface area contributed by atoms with E-state index in [1.54, 1.807) is 0 Å². The number of aliphatic hydroxyl groups excluding tert-OH is 1. The van der Waals surface area contributed by atoms with E-state index >= 15 is 0 Å². The first-order chi connectivity index (χ1) is 14.4. The smallest absolute Gasteiger partial charge is 0.250 e. The minimum absolute atomic E-state index is 0.0219. The van der Waals surface area contributed by atoms with Crippen LogP contribution in [0.1, 0.15) is 30.0 Å². The van der Waals surface area contributed by atoms with Crippen LogP contribution in [0, 0.1) is 0 Å². The second-order valence-corrected chi connectivity index (χ2v) is 8.21.